The summed E-state index contributed by atoms with van der Waals surface area (Å²) in [7, 11) is 0. The van der Waals surface area contributed by atoms with Gasteiger partial charge in [-0.15, -0.1) is 0 Å². The number of pyridine rings is 1. The topological polar surface area (TPSA) is 42.7 Å². The number of nitrogens with zero attached hydrogens (tertiary/aromatic N) is 3. The third-order valence-electron chi connectivity index (χ3n) is 2.99. The van der Waals surface area contributed by atoms with Gasteiger partial charge in [0.15, 0.2) is 5.82 Å². The molecule has 1 N–H and O–H groups in total. The van der Waals surface area contributed by atoms with Gasteiger partial charge in [0, 0.05) is 30.6 Å². The number of hydrogen-bond acceptors (Lipinski definition) is 3. The zero-order chi connectivity index (χ0) is 14.7. The summed E-state index contributed by atoms with van der Waals surface area (Å²) < 4.78 is 27.9. The number of halogens is 2. The van der Waals surface area contributed by atoms with Gasteiger partial charge in [0.05, 0.1) is 11.9 Å². The van der Waals surface area contributed by atoms with Crippen LogP contribution >= 0.6 is 0 Å². The Morgan fingerprint density at radius 2 is 2.05 bits per heavy atom. The van der Waals surface area contributed by atoms with E-state index in [2.05, 4.69) is 15.4 Å². The summed E-state index contributed by atoms with van der Waals surface area (Å²) in [5.41, 5.74) is 1.14. The molecular formula is C15H12F2N4. The first kappa shape index (κ1) is 13.2. The van der Waals surface area contributed by atoms with Crippen molar-refractivity contribution < 1.29 is 8.78 Å². The minimum atomic E-state index is -0.582. The molecule has 0 aliphatic carbocycles. The third-order valence-corrected chi connectivity index (χ3v) is 2.99. The maximum Gasteiger partial charge on any atom is 0.153 e. The summed E-state index contributed by atoms with van der Waals surface area (Å²) >= 11 is 0. The van der Waals surface area contributed by atoms with Gasteiger partial charge in [0.25, 0.3) is 0 Å². The van der Waals surface area contributed by atoms with Crippen molar-refractivity contribution in [2.45, 2.75) is 6.54 Å². The van der Waals surface area contributed by atoms with Crippen LogP contribution in [0.4, 0.5) is 14.5 Å². The second kappa shape index (κ2) is 5.70. The van der Waals surface area contributed by atoms with E-state index in [9.17, 15) is 8.78 Å². The van der Waals surface area contributed by atoms with Gasteiger partial charge in [-0.1, -0.05) is 6.07 Å². The molecule has 3 rings (SSSR count). The zero-order valence-electron chi connectivity index (χ0n) is 11.0. The van der Waals surface area contributed by atoms with Crippen LogP contribution in [-0.4, -0.2) is 14.8 Å². The van der Waals surface area contributed by atoms with E-state index in [-0.39, 0.29) is 6.54 Å². The van der Waals surface area contributed by atoms with Gasteiger partial charge < -0.3 is 5.32 Å². The predicted octanol–water partition coefficient (Wildman–Crippen LogP) is 3.16. The number of hydrogen-bond donors (Lipinski definition) is 1. The smallest absolute Gasteiger partial charge is 0.153 e. The van der Waals surface area contributed by atoms with Crippen LogP contribution in [0.15, 0.2) is 55.0 Å². The number of rotatable bonds is 4. The highest BCUT2D eigenvalue weighted by molar-refractivity contribution is 5.44. The lowest BCUT2D eigenvalue weighted by Crippen LogP contribution is -2.03. The van der Waals surface area contributed by atoms with Crippen molar-refractivity contribution in [1.29, 1.82) is 0 Å². The van der Waals surface area contributed by atoms with Crippen molar-refractivity contribution in [3.8, 4) is 5.82 Å². The predicted molar refractivity (Wildman–Crippen MR) is 75.0 cm³/mol. The molecule has 0 aliphatic heterocycles. The van der Waals surface area contributed by atoms with Crippen LogP contribution in [0.2, 0.25) is 0 Å². The van der Waals surface area contributed by atoms with E-state index in [4.69, 9.17) is 0 Å². The molecule has 0 bridgehead atoms. The number of benzene rings is 1. The normalized spacial score (nSPS) is 10.6. The first-order chi connectivity index (χ1) is 10.2. The van der Waals surface area contributed by atoms with Crippen LogP contribution in [0.25, 0.3) is 5.82 Å². The maximum atomic E-state index is 13.5. The van der Waals surface area contributed by atoms with Crippen LogP contribution in [0.1, 0.15) is 5.56 Å². The Bertz CT molecular complexity index is 724. The molecule has 21 heavy (non-hydrogen) atoms. The van der Waals surface area contributed by atoms with E-state index in [1.165, 1.54) is 12.1 Å². The van der Waals surface area contributed by atoms with Crippen LogP contribution in [0.5, 0.6) is 0 Å². The van der Waals surface area contributed by atoms with Crippen LogP contribution < -0.4 is 5.32 Å². The van der Waals surface area contributed by atoms with E-state index < -0.39 is 11.6 Å². The summed E-state index contributed by atoms with van der Waals surface area (Å²) in [5.74, 6) is -0.455. The monoisotopic (exact) mass is 286 g/mol. The molecule has 0 saturated heterocycles. The largest absolute Gasteiger partial charge is 0.380 e. The Balaban J connectivity index is 1.68. The fraction of sp³-hybridized carbons (Fsp3) is 0.0667. The van der Waals surface area contributed by atoms with Crippen molar-refractivity contribution in [2.75, 3.05) is 5.32 Å². The molecule has 0 saturated carbocycles. The Morgan fingerprint density at radius 3 is 2.71 bits per heavy atom. The van der Waals surface area contributed by atoms with Crippen LogP contribution in [-0.2, 0) is 6.54 Å². The second-order valence-electron chi connectivity index (χ2n) is 4.44. The molecule has 3 aromatic rings. The van der Waals surface area contributed by atoms with Gasteiger partial charge in [-0.05, 0) is 24.3 Å². The van der Waals surface area contributed by atoms with Crippen molar-refractivity contribution in [1.82, 2.24) is 14.8 Å². The Kier molecular flexibility index (Phi) is 3.59. The molecule has 6 heteroatoms. The van der Waals surface area contributed by atoms with Crippen molar-refractivity contribution in [2.24, 2.45) is 0 Å². The van der Waals surface area contributed by atoms with Gasteiger partial charge in [-0.2, -0.15) is 5.10 Å². The molecule has 0 unspecified atom stereocenters. The second-order valence-corrected chi connectivity index (χ2v) is 4.44. The maximum absolute atomic E-state index is 13.5. The minimum Gasteiger partial charge on any atom is -0.380 e. The van der Waals surface area contributed by atoms with Gasteiger partial charge in [0.1, 0.15) is 11.6 Å². The number of aromatic nitrogens is 3. The molecule has 4 nitrogen and oxygen atoms in total. The summed E-state index contributed by atoms with van der Waals surface area (Å²) in [4.78, 5) is 4.25. The Hall–Kier alpha value is -2.76. The highest BCUT2D eigenvalue weighted by Gasteiger charge is 2.04. The molecule has 1 aromatic carbocycles. The lowest BCUT2D eigenvalue weighted by atomic mass is 10.2. The first-order valence-corrected chi connectivity index (χ1v) is 6.36. The Labute approximate surface area is 120 Å². The molecule has 0 spiro atoms. The molecule has 2 aromatic heterocycles. The van der Waals surface area contributed by atoms with E-state index in [1.54, 1.807) is 29.3 Å². The summed E-state index contributed by atoms with van der Waals surface area (Å²) in [5, 5.41) is 7.12. The van der Waals surface area contributed by atoms with Gasteiger partial charge >= 0.3 is 0 Å². The molecule has 106 valence electrons. The first-order valence-electron chi connectivity index (χ1n) is 6.36. The summed E-state index contributed by atoms with van der Waals surface area (Å²) in [6.45, 7) is 0.259. The molecular weight excluding hydrogens is 274 g/mol. The third kappa shape index (κ3) is 3.05. The molecule has 0 amide bonds. The highest BCUT2D eigenvalue weighted by atomic mass is 19.1. The fourth-order valence-electron chi connectivity index (χ4n) is 1.89. The van der Waals surface area contributed by atoms with Crippen LogP contribution in [0, 0.1) is 11.6 Å². The van der Waals surface area contributed by atoms with E-state index in [0.29, 0.717) is 11.4 Å². The van der Waals surface area contributed by atoms with E-state index in [1.807, 2.05) is 12.1 Å². The quantitative estimate of drug-likeness (QED) is 0.801. The molecule has 2 heterocycles. The highest BCUT2D eigenvalue weighted by Crippen LogP contribution is 2.13. The Morgan fingerprint density at radius 1 is 1.14 bits per heavy atom. The van der Waals surface area contributed by atoms with E-state index >= 15 is 0 Å². The average Bonchev–Trinajstić information content (AvgIpc) is 3.01. The molecule has 0 radical (unpaired) electrons. The number of nitrogens with one attached hydrogen (secondary N) is 1. The fourth-order valence-corrected chi connectivity index (χ4v) is 1.89. The van der Waals surface area contributed by atoms with Gasteiger partial charge in [-0.3, -0.25) is 0 Å². The average molecular weight is 286 g/mol. The van der Waals surface area contributed by atoms with Crippen molar-refractivity contribution in [3.63, 3.8) is 0 Å². The van der Waals surface area contributed by atoms with Crippen molar-refractivity contribution in [3.05, 3.63) is 72.2 Å². The van der Waals surface area contributed by atoms with Crippen molar-refractivity contribution >= 4 is 5.69 Å². The molecule has 0 aliphatic rings. The minimum absolute atomic E-state index is 0.259. The standard InChI is InChI=1S/C15H12F2N4/c16-12-3-2-11(14(17)8-12)9-18-13-4-5-15(19-10-13)21-7-1-6-20-21/h1-8,10,18H,9H2. The summed E-state index contributed by atoms with van der Waals surface area (Å²) in [6, 6.07) is 8.96. The zero-order valence-corrected chi connectivity index (χ0v) is 11.0. The lowest BCUT2D eigenvalue weighted by molar-refractivity contribution is 0.574. The van der Waals surface area contributed by atoms with Gasteiger partial charge in [-0.25, -0.2) is 18.4 Å². The SMILES string of the molecule is Fc1ccc(CNc2ccc(-n3cccn3)nc2)c(F)c1. The van der Waals surface area contributed by atoms with Gasteiger partial charge in [0.2, 0.25) is 0 Å². The molecule has 0 atom stereocenters. The van der Waals surface area contributed by atoms with Crippen LogP contribution in [0.3, 0.4) is 0 Å². The molecule has 0 fully saturated rings. The lowest BCUT2D eigenvalue weighted by Gasteiger charge is -2.08. The summed E-state index contributed by atoms with van der Waals surface area (Å²) in [6.07, 6.45) is 5.10. The number of anilines is 1. The van der Waals surface area contributed by atoms with E-state index in [0.717, 1.165) is 11.8 Å².